The van der Waals surface area contributed by atoms with Crippen molar-refractivity contribution in [3.05, 3.63) is 0 Å². The molecule has 2 fully saturated rings. The maximum absolute atomic E-state index is 11.5. The highest BCUT2D eigenvalue weighted by Gasteiger charge is 2.29. The highest BCUT2D eigenvalue weighted by atomic mass is 16.1. The fraction of sp³-hybridized carbons (Fsp3) is 0.923. The van der Waals surface area contributed by atoms with E-state index < -0.39 is 0 Å². The van der Waals surface area contributed by atoms with E-state index in [1.54, 1.807) is 0 Å². The highest BCUT2D eigenvalue weighted by molar-refractivity contribution is 5.82. The quantitative estimate of drug-likeness (QED) is 0.711. The number of carbonyl (C=O) groups excluding carboxylic acids is 1. The first kappa shape index (κ1) is 11.1. The van der Waals surface area contributed by atoms with Crippen LogP contribution in [-0.2, 0) is 4.79 Å². The monoisotopic (exact) mass is 209 g/mol. The summed E-state index contributed by atoms with van der Waals surface area (Å²) < 4.78 is 0. The molecule has 86 valence electrons. The van der Waals surface area contributed by atoms with Crippen LogP contribution in [-0.4, -0.2) is 29.8 Å². The number of hydrogen-bond acceptors (Lipinski definition) is 2. The van der Waals surface area contributed by atoms with Crippen molar-refractivity contribution < 1.29 is 4.79 Å². The number of nitrogens with zero attached hydrogens (tertiary/aromatic N) is 1. The van der Waals surface area contributed by atoms with Gasteiger partial charge in [-0.25, -0.2) is 0 Å². The molecule has 2 aliphatic rings. The number of hydrogen-bond donors (Lipinski definition) is 0. The zero-order valence-electron chi connectivity index (χ0n) is 10.0. The van der Waals surface area contributed by atoms with Gasteiger partial charge in [-0.15, -0.1) is 0 Å². The third kappa shape index (κ3) is 2.60. The summed E-state index contributed by atoms with van der Waals surface area (Å²) in [5.41, 5.74) is 0. The molecule has 2 heteroatoms. The summed E-state index contributed by atoms with van der Waals surface area (Å²) in [5.74, 6) is 1.77. The predicted octanol–water partition coefficient (Wildman–Crippen LogP) is 2.48. The van der Waals surface area contributed by atoms with Crippen LogP contribution >= 0.6 is 0 Å². The fourth-order valence-electron chi connectivity index (χ4n) is 3.21. The van der Waals surface area contributed by atoms with E-state index in [2.05, 4.69) is 18.7 Å². The Morgan fingerprint density at radius 3 is 2.73 bits per heavy atom. The lowest BCUT2D eigenvalue weighted by Crippen LogP contribution is -2.30. The Hall–Kier alpha value is -0.370. The number of ketones is 1. The lowest BCUT2D eigenvalue weighted by atomic mass is 10.0. The van der Waals surface area contributed by atoms with Crippen LogP contribution in [0.25, 0.3) is 0 Å². The average molecular weight is 209 g/mol. The number of likely N-dealkylation sites (tertiary alicyclic amines) is 1. The van der Waals surface area contributed by atoms with Crippen molar-refractivity contribution >= 4 is 5.78 Å². The molecule has 2 rings (SSSR count). The Labute approximate surface area is 93.0 Å². The van der Waals surface area contributed by atoms with Crippen LogP contribution in [0.2, 0.25) is 0 Å². The number of carbonyl (C=O) groups is 1. The Morgan fingerprint density at radius 2 is 2.20 bits per heavy atom. The number of rotatable bonds is 3. The first-order valence-corrected chi connectivity index (χ1v) is 6.43. The van der Waals surface area contributed by atoms with Gasteiger partial charge in [-0.05, 0) is 45.1 Å². The van der Waals surface area contributed by atoms with Crippen LogP contribution in [0.1, 0.15) is 46.0 Å². The molecule has 3 unspecified atom stereocenters. The van der Waals surface area contributed by atoms with Gasteiger partial charge in [0.25, 0.3) is 0 Å². The normalized spacial score (nSPS) is 37.7. The van der Waals surface area contributed by atoms with Crippen molar-refractivity contribution in [1.29, 1.82) is 0 Å². The molecule has 1 aliphatic carbocycles. The molecule has 0 aromatic rings. The maximum atomic E-state index is 11.5. The molecule has 0 aromatic heterocycles. The Kier molecular flexibility index (Phi) is 3.45. The first-order valence-electron chi connectivity index (χ1n) is 6.43. The van der Waals surface area contributed by atoms with E-state index in [9.17, 15) is 4.79 Å². The molecule has 1 heterocycles. The molecule has 0 bridgehead atoms. The van der Waals surface area contributed by atoms with E-state index in [0.717, 1.165) is 44.2 Å². The van der Waals surface area contributed by atoms with Crippen LogP contribution in [0.3, 0.4) is 0 Å². The second kappa shape index (κ2) is 4.65. The minimum atomic E-state index is 0.396. The molecule has 1 saturated carbocycles. The fourth-order valence-corrected chi connectivity index (χ4v) is 3.21. The first-order chi connectivity index (χ1) is 7.16. The second-order valence-electron chi connectivity index (χ2n) is 5.53. The van der Waals surface area contributed by atoms with Gasteiger partial charge in [0, 0.05) is 24.9 Å². The van der Waals surface area contributed by atoms with Crippen LogP contribution in [0.5, 0.6) is 0 Å². The molecule has 0 amide bonds. The minimum Gasteiger partial charge on any atom is -0.300 e. The van der Waals surface area contributed by atoms with Gasteiger partial charge in [-0.3, -0.25) is 4.79 Å². The van der Waals surface area contributed by atoms with Gasteiger partial charge in [0.05, 0.1) is 0 Å². The van der Waals surface area contributed by atoms with Crippen molar-refractivity contribution in [2.75, 3.05) is 13.1 Å². The van der Waals surface area contributed by atoms with Crippen LogP contribution < -0.4 is 0 Å². The van der Waals surface area contributed by atoms with Crippen molar-refractivity contribution in [2.24, 2.45) is 11.8 Å². The van der Waals surface area contributed by atoms with E-state index in [-0.39, 0.29) is 0 Å². The van der Waals surface area contributed by atoms with E-state index in [0.29, 0.717) is 11.7 Å². The zero-order chi connectivity index (χ0) is 10.8. The van der Waals surface area contributed by atoms with E-state index in [4.69, 9.17) is 0 Å². The van der Waals surface area contributed by atoms with Crippen LogP contribution in [0.15, 0.2) is 0 Å². The molecule has 0 spiro atoms. The van der Waals surface area contributed by atoms with Crippen molar-refractivity contribution in [2.45, 2.75) is 52.0 Å². The smallest absolute Gasteiger partial charge is 0.136 e. The summed E-state index contributed by atoms with van der Waals surface area (Å²) in [6, 6.07) is 0.733. The van der Waals surface area contributed by atoms with Gasteiger partial charge in [0.15, 0.2) is 0 Å². The van der Waals surface area contributed by atoms with Gasteiger partial charge < -0.3 is 4.90 Å². The van der Waals surface area contributed by atoms with Gasteiger partial charge in [-0.2, -0.15) is 0 Å². The summed E-state index contributed by atoms with van der Waals surface area (Å²) in [7, 11) is 0. The predicted molar refractivity (Wildman–Crippen MR) is 61.8 cm³/mol. The Bertz CT molecular complexity index is 239. The number of Topliss-reactive ketones (excluding diaryl/α,β-unsaturated/α-hetero) is 1. The lowest BCUT2D eigenvalue weighted by Gasteiger charge is -2.22. The Morgan fingerprint density at radius 1 is 1.40 bits per heavy atom. The van der Waals surface area contributed by atoms with Crippen LogP contribution in [0, 0.1) is 11.8 Å². The molecular formula is C13H23NO. The largest absolute Gasteiger partial charge is 0.300 e. The molecule has 15 heavy (non-hydrogen) atoms. The molecular weight excluding hydrogens is 186 g/mol. The topological polar surface area (TPSA) is 20.3 Å². The zero-order valence-corrected chi connectivity index (χ0v) is 10.0. The van der Waals surface area contributed by atoms with Crippen molar-refractivity contribution in [3.8, 4) is 0 Å². The van der Waals surface area contributed by atoms with Crippen LogP contribution in [0.4, 0.5) is 0 Å². The average Bonchev–Trinajstić information content (AvgIpc) is 2.70. The molecule has 3 atom stereocenters. The lowest BCUT2D eigenvalue weighted by molar-refractivity contribution is -0.120. The SMILES string of the molecule is CC1CC(C)N(CCC2CCCC2=O)C1. The third-order valence-corrected chi connectivity index (χ3v) is 4.11. The summed E-state index contributed by atoms with van der Waals surface area (Å²) in [6.45, 7) is 7.03. The standard InChI is InChI=1S/C13H23NO/c1-10-8-11(2)14(9-10)7-6-12-4-3-5-13(12)15/h10-12H,3-9H2,1-2H3. The van der Waals surface area contributed by atoms with Gasteiger partial charge in [0.2, 0.25) is 0 Å². The summed E-state index contributed by atoms with van der Waals surface area (Å²) >= 11 is 0. The summed E-state index contributed by atoms with van der Waals surface area (Å²) in [4.78, 5) is 14.1. The molecule has 2 nitrogen and oxygen atoms in total. The Balaban J connectivity index is 1.75. The van der Waals surface area contributed by atoms with Crippen molar-refractivity contribution in [3.63, 3.8) is 0 Å². The molecule has 1 aliphatic heterocycles. The van der Waals surface area contributed by atoms with E-state index >= 15 is 0 Å². The van der Waals surface area contributed by atoms with Gasteiger partial charge >= 0.3 is 0 Å². The molecule has 0 aromatic carbocycles. The second-order valence-corrected chi connectivity index (χ2v) is 5.53. The van der Waals surface area contributed by atoms with E-state index in [1.165, 1.54) is 13.0 Å². The van der Waals surface area contributed by atoms with Gasteiger partial charge in [-0.1, -0.05) is 6.92 Å². The highest BCUT2D eigenvalue weighted by Crippen LogP contribution is 2.27. The van der Waals surface area contributed by atoms with Gasteiger partial charge in [0.1, 0.15) is 5.78 Å². The van der Waals surface area contributed by atoms with E-state index in [1.807, 2.05) is 0 Å². The summed E-state index contributed by atoms with van der Waals surface area (Å²) in [5, 5.41) is 0. The van der Waals surface area contributed by atoms with Crippen molar-refractivity contribution in [1.82, 2.24) is 4.90 Å². The molecule has 0 N–H and O–H groups in total. The molecule has 1 saturated heterocycles. The minimum absolute atomic E-state index is 0.396. The summed E-state index contributed by atoms with van der Waals surface area (Å²) in [6.07, 6.45) is 5.57. The third-order valence-electron chi connectivity index (χ3n) is 4.11. The molecule has 0 radical (unpaired) electrons. The maximum Gasteiger partial charge on any atom is 0.136 e.